The third-order valence-electron chi connectivity index (χ3n) is 3.77. The molecule has 0 saturated carbocycles. The van der Waals surface area contributed by atoms with Crippen molar-refractivity contribution in [3.05, 3.63) is 34.9 Å². The van der Waals surface area contributed by atoms with Gasteiger partial charge in [0.1, 0.15) is 0 Å². The van der Waals surface area contributed by atoms with Crippen molar-refractivity contribution in [1.82, 2.24) is 5.32 Å². The highest BCUT2D eigenvalue weighted by atomic mass is 16.5. The molecular formula is C17H27NO. The molecule has 0 radical (unpaired) electrons. The molecule has 1 atom stereocenters. The molecule has 1 aliphatic rings. The Bertz CT molecular complexity index is 420. The zero-order valence-corrected chi connectivity index (χ0v) is 12.8. The van der Waals surface area contributed by atoms with Crippen LogP contribution in [0, 0.1) is 0 Å². The molecule has 19 heavy (non-hydrogen) atoms. The SMILES string of the molecule is CNC(COC(C)(C)C)Cc1ccc2c(c1)CCC2. The van der Waals surface area contributed by atoms with E-state index in [4.69, 9.17) is 4.74 Å². The predicted octanol–water partition coefficient (Wildman–Crippen LogP) is 3.12. The van der Waals surface area contributed by atoms with Crippen molar-refractivity contribution < 1.29 is 4.74 Å². The van der Waals surface area contributed by atoms with Crippen LogP contribution in [-0.2, 0) is 24.0 Å². The van der Waals surface area contributed by atoms with Crippen molar-refractivity contribution in [2.24, 2.45) is 0 Å². The highest BCUT2D eigenvalue weighted by molar-refractivity contribution is 5.35. The Balaban J connectivity index is 1.94. The topological polar surface area (TPSA) is 21.3 Å². The monoisotopic (exact) mass is 261 g/mol. The smallest absolute Gasteiger partial charge is 0.0629 e. The molecule has 0 heterocycles. The Kier molecular flexibility index (Phi) is 4.64. The Morgan fingerprint density at radius 1 is 1.21 bits per heavy atom. The molecule has 0 saturated heterocycles. The van der Waals surface area contributed by atoms with E-state index in [1.165, 1.54) is 24.8 Å². The van der Waals surface area contributed by atoms with Gasteiger partial charge in [0, 0.05) is 6.04 Å². The Labute approximate surface area is 117 Å². The molecular weight excluding hydrogens is 234 g/mol. The maximum absolute atomic E-state index is 5.88. The molecule has 0 amide bonds. The van der Waals surface area contributed by atoms with Crippen molar-refractivity contribution in [3.63, 3.8) is 0 Å². The van der Waals surface area contributed by atoms with E-state index in [1.807, 2.05) is 7.05 Å². The quantitative estimate of drug-likeness (QED) is 0.879. The first kappa shape index (κ1) is 14.5. The minimum atomic E-state index is -0.0625. The summed E-state index contributed by atoms with van der Waals surface area (Å²) in [5.74, 6) is 0. The summed E-state index contributed by atoms with van der Waals surface area (Å²) in [6.45, 7) is 7.08. The average molecular weight is 261 g/mol. The molecule has 2 rings (SSSR count). The summed E-state index contributed by atoms with van der Waals surface area (Å²) < 4.78 is 5.88. The third kappa shape index (κ3) is 4.32. The summed E-state index contributed by atoms with van der Waals surface area (Å²) in [7, 11) is 2.02. The van der Waals surface area contributed by atoms with Gasteiger partial charge in [0.2, 0.25) is 0 Å². The van der Waals surface area contributed by atoms with E-state index in [0.29, 0.717) is 6.04 Å². The summed E-state index contributed by atoms with van der Waals surface area (Å²) in [6, 6.07) is 7.38. The summed E-state index contributed by atoms with van der Waals surface area (Å²) in [6.07, 6.45) is 4.88. The molecule has 1 N–H and O–H groups in total. The number of nitrogens with one attached hydrogen (secondary N) is 1. The van der Waals surface area contributed by atoms with Gasteiger partial charge in [-0.05, 0) is 70.2 Å². The first-order chi connectivity index (χ1) is 8.98. The second-order valence-electron chi connectivity index (χ2n) is 6.57. The molecule has 2 heteroatoms. The van der Waals surface area contributed by atoms with E-state index in [-0.39, 0.29) is 5.60 Å². The molecule has 106 valence electrons. The van der Waals surface area contributed by atoms with Crippen LogP contribution in [0.1, 0.15) is 43.9 Å². The molecule has 0 fully saturated rings. The second kappa shape index (κ2) is 6.06. The third-order valence-corrected chi connectivity index (χ3v) is 3.77. The summed E-state index contributed by atoms with van der Waals surface area (Å²) >= 11 is 0. The highest BCUT2D eigenvalue weighted by Gasteiger charge is 2.16. The number of benzene rings is 1. The van der Waals surface area contributed by atoms with Crippen LogP contribution >= 0.6 is 0 Å². The first-order valence-electron chi connectivity index (χ1n) is 7.40. The van der Waals surface area contributed by atoms with Gasteiger partial charge in [-0.3, -0.25) is 0 Å². The van der Waals surface area contributed by atoms with Gasteiger partial charge in [-0.1, -0.05) is 18.2 Å². The van der Waals surface area contributed by atoms with Crippen molar-refractivity contribution >= 4 is 0 Å². The van der Waals surface area contributed by atoms with Crippen LogP contribution in [0.5, 0.6) is 0 Å². The zero-order chi connectivity index (χ0) is 13.9. The number of aryl methyl sites for hydroxylation is 2. The summed E-state index contributed by atoms with van der Waals surface area (Å²) in [4.78, 5) is 0. The fourth-order valence-corrected chi connectivity index (χ4v) is 2.63. The van der Waals surface area contributed by atoms with Crippen LogP contribution in [0.15, 0.2) is 18.2 Å². The minimum absolute atomic E-state index is 0.0625. The average Bonchev–Trinajstić information content (AvgIpc) is 2.80. The first-order valence-corrected chi connectivity index (χ1v) is 7.40. The summed E-state index contributed by atoms with van der Waals surface area (Å²) in [5, 5.41) is 3.37. The molecule has 1 aromatic carbocycles. The molecule has 1 aromatic rings. The molecule has 1 unspecified atom stereocenters. The lowest BCUT2D eigenvalue weighted by Crippen LogP contribution is -2.36. The van der Waals surface area contributed by atoms with Gasteiger partial charge in [-0.25, -0.2) is 0 Å². The molecule has 2 nitrogen and oxygen atoms in total. The van der Waals surface area contributed by atoms with E-state index in [9.17, 15) is 0 Å². The van der Waals surface area contributed by atoms with Crippen LogP contribution in [0.4, 0.5) is 0 Å². The second-order valence-corrected chi connectivity index (χ2v) is 6.57. The van der Waals surface area contributed by atoms with Gasteiger partial charge < -0.3 is 10.1 Å². The van der Waals surface area contributed by atoms with Gasteiger partial charge in [-0.15, -0.1) is 0 Å². The standard InChI is InChI=1S/C17H27NO/c1-17(2,3)19-12-16(18-4)11-13-8-9-14-6-5-7-15(14)10-13/h8-10,16,18H,5-7,11-12H2,1-4H3. The fraction of sp³-hybridized carbons (Fsp3) is 0.647. The molecule has 0 aromatic heterocycles. The number of hydrogen-bond acceptors (Lipinski definition) is 2. The Morgan fingerprint density at radius 2 is 1.95 bits per heavy atom. The lowest BCUT2D eigenvalue weighted by atomic mass is 10.0. The van der Waals surface area contributed by atoms with Gasteiger partial charge in [0.05, 0.1) is 12.2 Å². The van der Waals surface area contributed by atoms with E-state index in [1.54, 1.807) is 11.1 Å². The van der Waals surface area contributed by atoms with E-state index in [0.717, 1.165) is 13.0 Å². The Morgan fingerprint density at radius 3 is 2.63 bits per heavy atom. The normalized spacial score (nSPS) is 16.4. The number of ether oxygens (including phenoxy) is 1. The number of hydrogen-bond donors (Lipinski definition) is 1. The van der Waals surface area contributed by atoms with E-state index >= 15 is 0 Å². The van der Waals surface area contributed by atoms with Gasteiger partial charge in [0.15, 0.2) is 0 Å². The number of fused-ring (bicyclic) bond motifs is 1. The maximum Gasteiger partial charge on any atom is 0.0629 e. The minimum Gasteiger partial charge on any atom is -0.374 e. The van der Waals surface area contributed by atoms with Crippen LogP contribution in [0.2, 0.25) is 0 Å². The lowest BCUT2D eigenvalue weighted by molar-refractivity contribution is -0.0134. The maximum atomic E-state index is 5.88. The van der Waals surface area contributed by atoms with E-state index < -0.39 is 0 Å². The Hall–Kier alpha value is -0.860. The highest BCUT2D eigenvalue weighted by Crippen LogP contribution is 2.23. The van der Waals surface area contributed by atoms with Crippen molar-refractivity contribution in [1.29, 1.82) is 0 Å². The lowest BCUT2D eigenvalue weighted by Gasteiger charge is -2.24. The van der Waals surface area contributed by atoms with Crippen molar-refractivity contribution in [2.75, 3.05) is 13.7 Å². The van der Waals surface area contributed by atoms with Gasteiger partial charge in [-0.2, -0.15) is 0 Å². The van der Waals surface area contributed by atoms with E-state index in [2.05, 4.69) is 44.3 Å². The molecule has 0 spiro atoms. The molecule has 1 aliphatic carbocycles. The van der Waals surface area contributed by atoms with Crippen molar-refractivity contribution in [3.8, 4) is 0 Å². The fourth-order valence-electron chi connectivity index (χ4n) is 2.63. The zero-order valence-electron chi connectivity index (χ0n) is 12.8. The predicted molar refractivity (Wildman–Crippen MR) is 80.7 cm³/mol. The largest absolute Gasteiger partial charge is 0.374 e. The van der Waals surface area contributed by atoms with Gasteiger partial charge in [0.25, 0.3) is 0 Å². The van der Waals surface area contributed by atoms with Crippen molar-refractivity contribution in [2.45, 2.75) is 58.1 Å². The molecule has 0 aliphatic heterocycles. The van der Waals surface area contributed by atoms with Crippen LogP contribution in [-0.4, -0.2) is 25.3 Å². The summed E-state index contributed by atoms with van der Waals surface area (Å²) in [5.41, 5.74) is 4.48. The number of likely N-dealkylation sites (N-methyl/N-ethyl adjacent to an activating group) is 1. The molecule has 0 bridgehead atoms. The van der Waals surface area contributed by atoms with Gasteiger partial charge >= 0.3 is 0 Å². The van der Waals surface area contributed by atoms with Crippen LogP contribution < -0.4 is 5.32 Å². The number of rotatable bonds is 5. The van der Waals surface area contributed by atoms with Crippen LogP contribution in [0.25, 0.3) is 0 Å². The van der Waals surface area contributed by atoms with Crippen LogP contribution in [0.3, 0.4) is 0 Å².